The molecule has 1 amide bonds. The van der Waals surface area contributed by atoms with Crippen molar-refractivity contribution in [2.75, 3.05) is 13.7 Å². The first-order valence-corrected chi connectivity index (χ1v) is 8.59. The van der Waals surface area contributed by atoms with E-state index in [0.29, 0.717) is 5.56 Å². The van der Waals surface area contributed by atoms with Crippen LogP contribution in [-0.2, 0) is 25.4 Å². The summed E-state index contributed by atoms with van der Waals surface area (Å²) in [4.78, 5) is 25.9. The van der Waals surface area contributed by atoms with E-state index in [-0.39, 0.29) is 12.5 Å². The van der Waals surface area contributed by atoms with Gasteiger partial charge in [-0.1, -0.05) is 12.1 Å². The first-order valence-electron chi connectivity index (χ1n) is 8.59. The molecule has 1 aromatic carbocycles. The van der Waals surface area contributed by atoms with Gasteiger partial charge in [-0.25, -0.2) is 4.79 Å². The molecule has 1 saturated heterocycles. The molecule has 7 nitrogen and oxygen atoms in total. The molecule has 26 heavy (non-hydrogen) atoms. The Kier molecular flexibility index (Phi) is 4.63. The van der Waals surface area contributed by atoms with Gasteiger partial charge in [0.2, 0.25) is 0 Å². The van der Waals surface area contributed by atoms with Crippen molar-refractivity contribution in [3.05, 3.63) is 29.3 Å². The molecule has 2 aliphatic heterocycles. The predicted octanol–water partition coefficient (Wildman–Crippen LogP) is 0.475. The maximum Gasteiger partial charge on any atom is 0.494 e. The lowest BCUT2D eigenvalue weighted by atomic mass is 9.78. The summed E-state index contributed by atoms with van der Waals surface area (Å²) >= 11 is 0. The van der Waals surface area contributed by atoms with Crippen LogP contribution in [-0.4, -0.2) is 60.0 Å². The van der Waals surface area contributed by atoms with Crippen molar-refractivity contribution in [3.8, 4) is 0 Å². The Bertz CT molecular complexity index is 731. The topological polar surface area (TPSA) is 85.3 Å². The molecule has 0 spiro atoms. The lowest BCUT2D eigenvalue weighted by Crippen LogP contribution is -2.44. The van der Waals surface area contributed by atoms with Gasteiger partial charge in [-0.05, 0) is 44.8 Å². The number of rotatable bonds is 4. The fourth-order valence-electron chi connectivity index (χ4n) is 3.15. The van der Waals surface area contributed by atoms with Gasteiger partial charge >= 0.3 is 13.1 Å². The quantitative estimate of drug-likeness (QED) is 0.620. The molecule has 0 radical (unpaired) electrons. The molecule has 0 unspecified atom stereocenters. The van der Waals surface area contributed by atoms with Crippen molar-refractivity contribution in [3.63, 3.8) is 0 Å². The second-order valence-corrected chi connectivity index (χ2v) is 7.66. The van der Waals surface area contributed by atoms with Crippen molar-refractivity contribution < 1.29 is 28.7 Å². The number of methoxy groups -OCH3 is 1. The molecule has 1 aromatic rings. The first-order chi connectivity index (χ1) is 12.1. The Balaban J connectivity index is 1.86. The zero-order chi connectivity index (χ0) is 19.3. The van der Waals surface area contributed by atoms with Crippen molar-refractivity contribution in [1.29, 1.82) is 0 Å². The average molecular weight is 361 g/mol. The lowest BCUT2D eigenvalue weighted by molar-refractivity contribution is -0.147. The molecule has 1 N–H and O–H groups in total. The average Bonchev–Trinajstić information content (AvgIpc) is 3.01. The summed E-state index contributed by atoms with van der Waals surface area (Å²) in [5, 5.41) is 9.49. The third-order valence-electron chi connectivity index (χ3n) is 5.51. The highest BCUT2D eigenvalue weighted by atomic mass is 16.7. The van der Waals surface area contributed by atoms with Gasteiger partial charge < -0.3 is 24.1 Å². The van der Waals surface area contributed by atoms with Crippen LogP contribution >= 0.6 is 0 Å². The number of amides is 1. The van der Waals surface area contributed by atoms with Crippen LogP contribution in [0.25, 0.3) is 0 Å². The van der Waals surface area contributed by atoms with Crippen molar-refractivity contribution >= 4 is 24.5 Å². The molecule has 0 aliphatic carbocycles. The molecule has 1 fully saturated rings. The molecule has 8 heteroatoms. The van der Waals surface area contributed by atoms with E-state index in [0.717, 1.165) is 11.0 Å². The minimum absolute atomic E-state index is 0.248. The van der Waals surface area contributed by atoms with E-state index in [1.807, 2.05) is 39.8 Å². The number of esters is 1. The minimum atomic E-state index is -1.01. The van der Waals surface area contributed by atoms with Gasteiger partial charge in [-0.3, -0.25) is 4.79 Å². The van der Waals surface area contributed by atoms with E-state index in [2.05, 4.69) is 4.74 Å². The SMILES string of the molecule is COC(=O)[C@H](CO)N1Cc2ccc(B3OC(C)(C)C(C)(C)O3)cc2C1=O. The minimum Gasteiger partial charge on any atom is -0.467 e. The molecule has 2 aliphatic rings. The fraction of sp³-hybridized carbons (Fsp3) is 0.556. The Morgan fingerprint density at radius 2 is 1.92 bits per heavy atom. The second-order valence-electron chi connectivity index (χ2n) is 7.66. The van der Waals surface area contributed by atoms with Gasteiger partial charge in [-0.15, -0.1) is 0 Å². The Hall–Kier alpha value is -1.90. The van der Waals surface area contributed by atoms with Crippen LogP contribution in [0.15, 0.2) is 18.2 Å². The van der Waals surface area contributed by atoms with Crippen molar-refractivity contribution in [2.45, 2.75) is 51.5 Å². The van der Waals surface area contributed by atoms with Gasteiger partial charge in [0.05, 0.1) is 24.9 Å². The van der Waals surface area contributed by atoms with E-state index in [4.69, 9.17) is 9.31 Å². The maximum atomic E-state index is 12.8. The molecular weight excluding hydrogens is 337 g/mol. The standard InChI is InChI=1S/C18H24BNO6/c1-17(2)18(3,4)26-19(25-17)12-7-6-11-9-20(15(22)13(11)8-12)14(10-21)16(23)24-5/h6-8,14,21H,9-10H2,1-5H3/t14-/m0/s1. The summed E-state index contributed by atoms with van der Waals surface area (Å²) in [6.07, 6.45) is 0. The van der Waals surface area contributed by atoms with E-state index in [1.54, 1.807) is 6.07 Å². The number of nitrogens with zero attached hydrogens (tertiary/aromatic N) is 1. The van der Waals surface area contributed by atoms with E-state index in [9.17, 15) is 14.7 Å². The number of hydrogen-bond donors (Lipinski definition) is 1. The molecule has 140 valence electrons. The normalized spacial score (nSPS) is 21.7. The van der Waals surface area contributed by atoms with E-state index in [1.165, 1.54) is 12.0 Å². The van der Waals surface area contributed by atoms with Gasteiger partial charge in [-0.2, -0.15) is 0 Å². The van der Waals surface area contributed by atoms with Gasteiger partial charge in [0.15, 0.2) is 6.04 Å². The summed E-state index contributed by atoms with van der Waals surface area (Å²) < 4.78 is 16.8. The molecule has 1 atom stereocenters. The molecule has 2 heterocycles. The summed E-state index contributed by atoms with van der Waals surface area (Å²) in [7, 11) is 0.663. The fourth-order valence-corrected chi connectivity index (χ4v) is 3.15. The van der Waals surface area contributed by atoms with Crippen LogP contribution in [0.3, 0.4) is 0 Å². The first kappa shape index (κ1) is 18.9. The third-order valence-corrected chi connectivity index (χ3v) is 5.51. The highest BCUT2D eigenvalue weighted by Gasteiger charge is 2.52. The Morgan fingerprint density at radius 1 is 1.31 bits per heavy atom. The largest absolute Gasteiger partial charge is 0.494 e. The highest BCUT2D eigenvalue weighted by Crippen LogP contribution is 2.36. The summed E-state index contributed by atoms with van der Waals surface area (Å²) in [6.45, 7) is 7.63. The van der Waals surface area contributed by atoms with Crippen LogP contribution in [0.5, 0.6) is 0 Å². The van der Waals surface area contributed by atoms with Crippen molar-refractivity contribution in [2.24, 2.45) is 0 Å². The van der Waals surface area contributed by atoms with Crippen LogP contribution in [0, 0.1) is 0 Å². The van der Waals surface area contributed by atoms with Crippen LogP contribution in [0.2, 0.25) is 0 Å². The zero-order valence-corrected chi connectivity index (χ0v) is 15.7. The number of aliphatic hydroxyl groups is 1. The molecule has 0 saturated carbocycles. The van der Waals surface area contributed by atoms with E-state index >= 15 is 0 Å². The number of carbonyl (C=O) groups excluding carboxylic acids is 2. The monoisotopic (exact) mass is 361 g/mol. The van der Waals surface area contributed by atoms with E-state index < -0.39 is 36.9 Å². The Labute approximate surface area is 153 Å². The number of fused-ring (bicyclic) bond motifs is 1. The number of carbonyl (C=O) groups is 2. The van der Waals surface area contributed by atoms with Crippen LogP contribution in [0.4, 0.5) is 0 Å². The maximum absolute atomic E-state index is 12.8. The number of aliphatic hydroxyl groups excluding tert-OH is 1. The van der Waals surface area contributed by atoms with Crippen LogP contribution in [0.1, 0.15) is 43.6 Å². The second kappa shape index (κ2) is 6.37. The van der Waals surface area contributed by atoms with Crippen molar-refractivity contribution in [1.82, 2.24) is 4.90 Å². The number of hydrogen-bond acceptors (Lipinski definition) is 6. The number of benzene rings is 1. The van der Waals surface area contributed by atoms with Gasteiger partial charge in [0.1, 0.15) is 0 Å². The highest BCUT2D eigenvalue weighted by molar-refractivity contribution is 6.62. The third kappa shape index (κ3) is 2.92. The summed E-state index contributed by atoms with van der Waals surface area (Å²) in [5.74, 6) is -0.956. The van der Waals surface area contributed by atoms with Gasteiger partial charge in [0.25, 0.3) is 5.91 Å². The smallest absolute Gasteiger partial charge is 0.467 e. The summed E-state index contributed by atoms with van der Waals surface area (Å²) in [6, 6.07) is 4.43. The molecular formula is C18H24BNO6. The Morgan fingerprint density at radius 3 is 2.46 bits per heavy atom. The van der Waals surface area contributed by atoms with Crippen LogP contribution < -0.4 is 5.46 Å². The predicted molar refractivity (Wildman–Crippen MR) is 94.9 cm³/mol. The zero-order valence-electron chi connectivity index (χ0n) is 15.7. The number of ether oxygens (including phenoxy) is 1. The molecule has 3 rings (SSSR count). The molecule has 0 aromatic heterocycles. The molecule has 0 bridgehead atoms. The summed E-state index contributed by atoms with van der Waals surface area (Å²) in [5.41, 5.74) is 1.08. The van der Waals surface area contributed by atoms with Gasteiger partial charge in [0, 0.05) is 12.1 Å². The lowest BCUT2D eigenvalue weighted by Gasteiger charge is -2.32.